The fraction of sp³-hybridized carbons (Fsp3) is 0.240. The van der Waals surface area contributed by atoms with Gasteiger partial charge in [0.05, 0.1) is 10.9 Å². The highest BCUT2D eigenvalue weighted by Gasteiger charge is 2.24. The second-order valence-electron chi connectivity index (χ2n) is 8.02. The van der Waals surface area contributed by atoms with Gasteiger partial charge in [0.1, 0.15) is 5.82 Å². The smallest absolute Gasteiger partial charge is 0.261 e. The first-order chi connectivity index (χ1) is 15.9. The number of nitrogens with one attached hydrogen (secondary N) is 2. The number of nitrogens with zero attached hydrogens (tertiary/aromatic N) is 1. The van der Waals surface area contributed by atoms with Crippen LogP contribution in [0, 0.1) is 5.82 Å². The lowest BCUT2D eigenvalue weighted by Crippen LogP contribution is -2.36. The second-order valence-corrected chi connectivity index (χ2v) is 9.70. The van der Waals surface area contributed by atoms with Crippen LogP contribution >= 0.6 is 0 Å². The van der Waals surface area contributed by atoms with Gasteiger partial charge in [0, 0.05) is 17.8 Å². The quantitative estimate of drug-likeness (QED) is 0.521. The molecule has 3 aromatic rings. The van der Waals surface area contributed by atoms with E-state index in [1.807, 2.05) is 18.2 Å². The van der Waals surface area contributed by atoms with Crippen LogP contribution in [-0.2, 0) is 10.0 Å². The average molecular weight is 468 g/mol. The lowest BCUT2D eigenvalue weighted by atomic mass is 10.1. The van der Waals surface area contributed by atoms with Crippen molar-refractivity contribution in [3.63, 3.8) is 0 Å². The monoisotopic (exact) mass is 467 g/mol. The van der Waals surface area contributed by atoms with Crippen LogP contribution in [0.3, 0.4) is 0 Å². The Kier molecular flexibility index (Phi) is 7.05. The SMILES string of the molecule is O=C(NC[C@H](c1ccccc1)N1CCCC1)c1ccc(S(=O)(=O)Nc2ccc(F)cc2)cc1. The Morgan fingerprint density at radius 3 is 2.18 bits per heavy atom. The molecule has 3 aromatic carbocycles. The molecule has 1 aliphatic rings. The summed E-state index contributed by atoms with van der Waals surface area (Å²) >= 11 is 0. The summed E-state index contributed by atoms with van der Waals surface area (Å²) in [5.41, 5.74) is 1.80. The molecule has 1 fully saturated rings. The Bertz CT molecular complexity index is 1180. The van der Waals surface area contributed by atoms with Gasteiger partial charge in [-0.1, -0.05) is 30.3 Å². The van der Waals surface area contributed by atoms with Crippen LogP contribution in [0.15, 0.2) is 83.8 Å². The van der Waals surface area contributed by atoms with Crippen LogP contribution in [0.25, 0.3) is 0 Å². The van der Waals surface area contributed by atoms with E-state index in [0.717, 1.165) is 31.5 Å². The topological polar surface area (TPSA) is 78.5 Å². The van der Waals surface area contributed by atoms with Crippen molar-refractivity contribution in [3.8, 4) is 0 Å². The van der Waals surface area contributed by atoms with E-state index in [1.165, 1.54) is 48.5 Å². The van der Waals surface area contributed by atoms with Gasteiger partial charge in [-0.25, -0.2) is 12.8 Å². The summed E-state index contributed by atoms with van der Waals surface area (Å²) in [6.07, 6.45) is 2.30. The zero-order valence-corrected chi connectivity index (χ0v) is 18.9. The van der Waals surface area contributed by atoms with Crippen molar-refractivity contribution in [1.82, 2.24) is 10.2 Å². The predicted octanol–water partition coefficient (Wildman–Crippen LogP) is 4.19. The van der Waals surface area contributed by atoms with Gasteiger partial charge in [-0.15, -0.1) is 0 Å². The number of benzene rings is 3. The molecule has 0 radical (unpaired) electrons. The molecule has 0 aromatic heterocycles. The summed E-state index contributed by atoms with van der Waals surface area (Å²) in [5.74, 6) is -0.710. The Labute approximate surface area is 193 Å². The first-order valence-corrected chi connectivity index (χ1v) is 12.4. The van der Waals surface area contributed by atoms with Crippen molar-refractivity contribution < 1.29 is 17.6 Å². The highest BCUT2D eigenvalue weighted by atomic mass is 32.2. The van der Waals surface area contributed by atoms with E-state index >= 15 is 0 Å². The summed E-state index contributed by atoms with van der Waals surface area (Å²) in [5, 5.41) is 3.00. The lowest BCUT2D eigenvalue weighted by molar-refractivity contribution is 0.0938. The Balaban J connectivity index is 1.41. The predicted molar refractivity (Wildman–Crippen MR) is 126 cm³/mol. The fourth-order valence-electron chi connectivity index (χ4n) is 4.00. The molecule has 33 heavy (non-hydrogen) atoms. The van der Waals surface area contributed by atoms with Gasteiger partial charge >= 0.3 is 0 Å². The van der Waals surface area contributed by atoms with Crippen molar-refractivity contribution in [3.05, 3.63) is 95.8 Å². The standard InChI is InChI=1S/C25H26FN3O3S/c26-21-10-12-22(13-11-21)28-33(31,32)23-14-8-20(9-15-23)25(30)27-18-24(29-16-4-5-17-29)19-6-2-1-3-7-19/h1-3,6-15,24,28H,4-5,16-18H2,(H,27,30)/t24-/m1/s1. The van der Waals surface area contributed by atoms with E-state index in [1.54, 1.807) is 0 Å². The Hall–Kier alpha value is -3.23. The van der Waals surface area contributed by atoms with Crippen molar-refractivity contribution in [2.75, 3.05) is 24.4 Å². The first-order valence-electron chi connectivity index (χ1n) is 10.9. The minimum absolute atomic E-state index is 0.0163. The molecule has 1 aliphatic heterocycles. The van der Waals surface area contributed by atoms with Gasteiger partial charge in [0.25, 0.3) is 15.9 Å². The molecule has 0 bridgehead atoms. The van der Waals surface area contributed by atoms with Gasteiger partial charge < -0.3 is 5.32 Å². The summed E-state index contributed by atoms with van der Waals surface area (Å²) < 4.78 is 40.6. The fourth-order valence-corrected chi connectivity index (χ4v) is 5.05. The molecule has 1 saturated heterocycles. The van der Waals surface area contributed by atoms with E-state index in [-0.39, 0.29) is 22.5 Å². The molecule has 0 unspecified atom stereocenters. The highest BCUT2D eigenvalue weighted by Crippen LogP contribution is 2.24. The van der Waals surface area contributed by atoms with E-state index in [4.69, 9.17) is 0 Å². The van der Waals surface area contributed by atoms with Gasteiger partial charge in [-0.05, 0) is 80.0 Å². The van der Waals surface area contributed by atoms with Gasteiger partial charge in [0.15, 0.2) is 0 Å². The number of carbonyl (C=O) groups excluding carboxylic acids is 1. The highest BCUT2D eigenvalue weighted by molar-refractivity contribution is 7.92. The van der Waals surface area contributed by atoms with E-state index in [0.29, 0.717) is 12.1 Å². The van der Waals surface area contributed by atoms with Crippen LogP contribution in [0.2, 0.25) is 0 Å². The van der Waals surface area contributed by atoms with Crippen LogP contribution < -0.4 is 10.0 Å². The maximum Gasteiger partial charge on any atom is 0.261 e. The Morgan fingerprint density at radius 1 is 0.909 bits per heavy atom. The third-order valence-corrected chi connectivity index (χ3v) is 7.14. The minimum Gasteiger partial charge on any atom is -0.350 e. The number of hydrogen-bond donors (Lipinski definition) is 2. The van der Waals surface area contributed by atoms with Crippen molar-refractivity contribution >= 4 is 21.6 Å². The van der Waals surface area contributed by atoms with E-state index < -0.39 is 15.8 Å². The van der Waals surface area contributed by atoms with E-state index in [2.05, 4.69) is 27.1 Å². The average Bonchev–Trinajstić information content (AvgIpc) is 3.36. The minimum atomic E-state index is -3.85. The van der Waals surface area contributed by atoms with E-state index in [9.17, 15) is 17.6 Å². The maximum absolute atomic E-state index is 13.0. The van der Waals surface area contributed by atoms with Crippen LogP contribution in [-0.4, -0.2) is 38.9 Å². The zero-order chi connectivity index (χ0) is 23.3. The number of halogens is 1. The van der Waals surface area contributed by atoms with Crippen LogP contribution in [0.1, 0.15) is 34.8 Å². The molecule has 6 nitrogen and oxygen atoms in total. The number of anilines is 1. The van der Waals surface area contributed by atoms with Crippen molar-refractivity contribution in [2.24, 2.45) is 0 Å². The van der Waals surface area contributed by atoms with Crippen molar-refractivity contribution in [1.29, 1.82) is 0 Å². The van der Waals surface area contributed by atoms with Gasteiger partial charge in [-0.2, -0.15) is 0 Å². The summed E-state index contributed by atoms with van der Waals surface area (Å²) in [7, 11) is -3.85. The zero-order valence-electron chi connectivity index (χ0n) is 18.1. The third kappa shape index (κ3) is 5.77. The van der Waals surface area contributed by atoms with Crippen LogP contribution in [0.4, 0.5) is 10.1 Å². The summed E-state index contributed by atoms with van der Waals surface area (Å²) in [4.78, 5) is 15.1. The normalized spacial score (nSPS) is 15.2. The largest absolute Gasteiger partial charge is 0.350 e. The molecule has 8 heteroatoms. The number of rotatable bonds is 8. The molecule has 1 amide bonds. The van der Waals surface area contributed by atoms with Crippen LogP contribution in [0.5, 0.6) is 0 Å². The van der Waals surface area contributed by atoms with Crippen molar-refractivity contribution in [2.45, 2.75) is 23.8 Å². The lowest BCUT2D eigenvalue weighted by Gasteiger charge is -2.28. The molecule has 1 atom stereocenters. The number of amides is 1. The number of sulfonamides is 1. The second kappa shape index (κ2) is 10.1. The number of carbonyl (C=O) groups is 1. The maximum atomic E-state index is 13.0. The molecular formula is C25H26FN3O3S. The molecule has 0 spiro atoms. The molecule has 172 valence electrons. The summed E-state index contributed by atoms with van der Waals surface area (Å²) in [6, 6.07) is 21.0. The molecule has 2 N–H and O–H groups in total. The third-order valence-electron chi connectivity index (χ3n) is 5.74. The molecule has 0 saturated carbocycles. The Morgan fingerprint density at radius 2 is 1.55 bits per heavy atom. The molecule has 0 aliphatic carbocycles. The first kappa shape index (κ1) is 22.9. The number of likely N-dealkylation sites (tertiary alicyclic amines) is 1. The molecule has 4 rings (SSSR count). The molecular weight excluding hydrogens is 441 g/mol. The van der Waals surface area contributed by atoms with Gasteiger partial charge in [0.2, 0.25) is 0 Å². The number of hydrogen-bond acceptors (Lipinski definition) is 4. The van der Waals surface area contributed by atoms with Gasteiger partial charge in [-0.3, -0.25) is 14.4 Å². The molecule has 1 heterocycles. The summed E-state index contributed by atoms with van der Waals surface area (Å²) in [6.45, 7) is 2.47.